The summed E-state index contributed by atoms with van der Waals surface area (Å²) in [5, 5.41) is 16.6. The van der Waals surface area contributed by atoms with E-state index in [-0.39, 0.29) is 36.2 Å². The van der Waals surface area contributed by atoms with Gasteiger partial charge in [-0.1, -0.05) is 18.2 Å². The zero-order valence-electron chi connectivity index (χ0n) is 20.8. The van der Waals surface area contributed by atoms with Gasteiger partial charge in [0.1, 0.15) is 16.8 Å². The second-order valence-electron chi connectivity index (χ2n) is 9.61. The van der Waals surface area contributed by atoms with Crippen LogP contribution >= 0.6 is 11.3 Å². The van der Waals surface area contributed by atoms with Gasteiger partial charge in [0.15, 0.2) is 5.69 Å². The van der Waals surface area contributed by atoms with E-state index in [9.17, 15) is 23.2 Å². The van der Waals surface area contributed by atoms with Crippen molar-refractivity contribution in [2.45, 2.75) is 44.4 Å². The molecule has 11 heteroatoms. The molecule has 1 unspecified atom stereocenters. The smallest absolute Gasteiger partial charge is 0.333 e. The van der Waals surface area contributed by atoms with E-state index in [1.807, 2.05) is 6.08 Å². The predicted octanol–water partition coefficient (Wildman–Crippen LogP) is 5.27. The number of rotatable bonds is 4. The molecule has 198 valence electrons. The molecule has 2 aromatic heterocycles. The van der Waals surface area contributed by atoms with Crippen LogP contribution in [0, 0.1) is 24.1 Å². The van der Waals surface area contributed by atoms with Crippen molar-refractivity contribution in [3.63, 3.8) is 0 Å². The van der Waals surface area contributed by atoms with Crippen molar-refractivity contribution in [2.75, 3.05) is 13.1 Å². The second-order valence-corrected chi connectivity index (χ2v) is 10.7. The molecule has 6 nitrogen and oxygen atoms in total. The first-order valence-electron chi connectivity index (χ1n) is 12.2. The van der Waals surface area contributed by atoms with Crippen molar-refractivity contribution in [3.8, 4) is 17.2 Å². The van der Waals surface area contributed by atoms with Gasteiger partial charge in [-0.25, -0.2) is 4.39 Å². The van der Waals surface area contributed by atoms with Crippen LogP contribution < -0.4 is 5.32 Å². The maximum Gasteiger partial charge on any atom is 0.435 e. The van der Waals surface area contributed by atoms with Crippen molar-refractivity contribution >= 4 is 17.2 Å². The number of alkyl halides is 3. The Morgan fingerprint density at radius 1 is 1.34 bits per heavy atom. The lowest BCUT2D eigenvalue weighted by molar-refractivity contribution is -0.141. The van der Waals surface area contributed by atoms with Crippen LogP contribution in [0.2, 0.25) is 0 Å². The average molecular weight is 544 g/mol. The van der Waals surface area contributed by atoms with Crippen molar-refractivity contribution in [1.82, 2.24) is 20.0 Å². The second kappa shape index (κ2) is 10.0. The summed E-state index contributed by atoms with van der Waals surface area (Å²) in [6.45, 7) is 3.08. The predicted molar refractivity (Wildman–Crippen MR) is 135 cm³/mol. The summed E-state index contributed by atoms with van der Waals surface area (Å²) in [5.74, 6) is -1.69. The number of nitriles is 1. The Kier molecular flexibility index (Phi) is 6.88. The molecule has 2 atom stereocenters. The highest BCUT2D eigenvalue weighted by Gasteiger charge is 2.40. The zero-order chi connectivity index (χ0) is 27.2. The first kappa shape index (κ1) is 26.1. The molecule has 5 rings (SSSR count). The largest absolute Gasteiger partial charge is 0.435 e. The number of hydrogen-bond acceptors (Lipinski definition) is 5. The molecule has 38 heavy (non-hydrogen) atoms. The fourth-order valence-electron chi connectivity index (χ4n) is 5.41. The van der Waals surface area contributed by atoms with E-state index in [1.165, 1.54) is 30.5 Å². The maximum absolute atomic E-state index is 15.4. The minimum Gasteiger partial charge on any atom is -0.333 e. The quantitative estimate of drug-likeness (QED) is 0.360. The van der Waals surface area contributed by atoms with Crippen LogP contribution in [0.1, 0.15) is 50.9 Å². The first-order valence-corrected chi connectivity index (χ1v) is 13.0. The van der Waals surface area contributed by atoms with Gasteiger partial charge < -0.3 is 10.2 Å². The number of aromatic nitrogens is 2. The average Bonchev–Trinajstić information content (AvgIpc) is 3.60. The topological polar surface area (TPSA) is 74.0 Å². The highest BCUT2D eigenvalue weighted by Crippen LogP contribution is 2.46. The molecule has 1 fully saturated rings. The van der Waals surface area contributed by atoms with E-state index in [4.69, 9.17) is 0 Å². The Morgan fingerprint density at radius 3 is 2.82 bits per heavy atom. The Bertz CT molecular complexity index is 1460. The van der Waals surface area contributed by atoms with Crippen molar-refractivity contribution < 1.29 is 22.4 Å². The fourth-order valence-corrected chi connectivity index (χ4v) is 6.59. The van der Waals surface area contributed by atoms with Gasteiger partial charge in [-0.3, -0.25) is 9.48 Å². The van der Waals surface area contributed by atoms with Crippen LogP contribution in [0.4, 0.5) is 17.6 Å². The number of aryl methyl sites for hydroxylation is 1. The van der Waals surface area contributed by atoms with E-state index in [0.717, 1.165) is 46.8 Å². The van der Waals surface area contributed by atoms with Crippen LogP contribution in [0.15, 0.2) is 36.5 Å². The standard InChI is InChI=1S/C27H25F4N5OS/c1-15-21(11-32)38-22-14-36(23(37)9-8-16-5-4-10-33-16)13-18(24(15)22)17-6-3-7-20(28)25(17)19-12-35(2)34-26(19)27(29,30)31/h3,6-9,12,16,18,33H,4-5,10,13-14H2,1-2H3/b9-8+/t16?,18-/m0/s1. The number of nitrogens with zero attached hydrogens (tertiary/aromatic N) is 4. The van der Waals surface area contributed by atoms with Gasteiger partial charge in [0, 0.05) is 53.8 Å². The van der Waals surface area contributed by atoms with Crippen LogP contribution in [0.25, 0.3) is 11.1 Å². The molecule has 0 radical (unpaired) electrons. The molecular formula is C27H25F4N5OS. The normalized spacial score (nSPS) is 19.7. The lowest BCUT2D eigenvalue weighted by Crippen LogP contribution is -2.37. The van der Waals surface area contributed by atoms with E-state index in [0.29, 0.717) is 16.0 Å². The molecule has 0 aliphatic carbocycles. The Morgan fingerprint density at radius 2 is 2.13 bits per heavy atom. The SMILES string of the molecule is Cc1c(C#N)sc2c1[C@H](c1cccc(F)c1-c1cn(C)nc1C(F)(F)F)CN(C(=O)/C=C/C1CCCN1)C2. The number of amides is 1. The van der Waals surface area contributed by atoms with Crippen LogP contribution in [0.3, 0.4) is 0 Å². The van der Waals surface area contributed by atoms with Crippen LogP contribution in [-0.4, -0.2) is 39.7 Å². The fraction of sp³-hybridized carbons (Fsp3) is 0.370. The van der Waals surface area contributed by atoms with Crippen LogP contribution in [0.5, 0.6) is 0 Å². The number of fused-ring (bicyclic) bond motifs is 1. The molecule has 0 saturated carbocycles. The number of benzene rings is 1. The molecule has 1 amide bonds. The first-order chi connectivity index (χ1) is 18.1. The van der Waals surface area contributed by atoms with Crippen LogP contribution in [-0.2, 0) is 24.6 Å². The minimum atomic E-state index is -4.79. The molecule has 2 aliphatic rings. The van der Waals surface area contributed by atoms with Gasteiger partial charge in [-0.15, -0.1) is 11.3 Å². The lowest BCUT2D eigenvalue weighted by Gasteiger charge is -2.34. The minimum absolute atomic E-state index is 0.116. The highest BCUT2D eigenvalue weighted by molar-refractivity contribution is 7.12. The molecule has 1 N–H and O–H groups in total. The molecule has 4 heterocycles. The summed E-state index contributed by atoms with van der Waals surface area (Å²) in [6, 6.07) is 6.46. The molecular weight excluding hydrogens is 518 g/mol. The zero-order valence-corrected chi connectivity index (χ0v) is 21.6. The van der Waals surface area contributed by atoms with Crippen molar-refractivity contribution in [3.05, 3.63) is 74.5 Å². The molecule has 0 bridgehead atoms. The Balaban J connectivity index is 1.63. The third kappa shape index (κ3) is 4.74. The third-order valence-corrected chi connectivity index (χ3v) is 8.32. The highest BCUT2D eigenvalue weighted by atomic mass is 32.1. The van der Waals surface area contributed by atoms with Gasteiger partial charge in [0.25, 0.3) is 0 Å². The number of hydrogen-bond donors (Lipinski definition) is 1. The number of nitrogens with one attached hydrogen (secondary N) is 1. The number of carbonyl (C=O) groups is 1. The Hall–Kier alpha value is -3.49. The molecule has 0 spiro atoms. The summed E-state index contributed by atoms with van der Waals surface area (Å²) in [6.07, 6.45) is 1.69. The molecule has 3 aromatic rings. The van der Waals surface area contributed by atoms with Gasteiger partial charge >= 0.3 is 6.18 Å². The van der Waals surface area contributed by atoms with E-state index in [2.05, 4.69) is 16.5 Å². The van der Waals surface area contributed by atoms with E-state index >= 15 is 4.39 Å². The summed E-state index contributed by atoms with van der Waals surface area (Å²) in [4.78, 5) is 16.1. The lowest BCUT2D eigenvalue weighted by atomic mass is 9.81. The van der Waals surface area contributed by atoms with Crippen molar-refractivity contribution in [1.29, 1.82) is 5.26 Å². The number of carbonyl (C=O) groups excluding carboxylic acids is 1. The molecule has 1 saturated heterocycles. The summed E-state index contributed by atoms with van der Waals surface area (Å²) >= 11 is 1.26. The molecule has 1 aromatic carbocycles. The summed E-state index contributed by atoms with van der Waals surface area (Å²) < 4.78 is 58.1. The monoisotopic (exact) mass is 543 g/mol. The summed E-state index contributed by atoms with van der Waals surface area (Å²) in [7, 11) is 1.35. The van der Waals surface area contributed by atoms with Gasteiger partial charge in [0.05, 0.1) is 6.54 Å². The third-order valence-electron chi connectivity index (χ3n) is 7.13. The van der Waals surface area contributed by atoms with Crippen molar-refractivity contribution in [2.24, 2.45) is 7.05 Å². The number of thiophene rings is 1. The van der Waals surface area contributed by atoms with E-state index in [1.54, 1.807) is 17.9 Å². The summed E-state index contributed by atoms with van der Waals surface area (Å²) in [5.41, 5.74) is 0.0388. The Labute approximate surface area is 221 Å². The van der Waals surface area contributed by atoms with E-state index < -0.39 is 23.6 Å². The maximum atomic E-state index is 15.4. The van der Waals surface area contributed by atoms with Gasteiger partial charge in [-0.2, -0.15) is 23.5 Å². The molecule has 2 aliphatic heterocycles. The van der Waals surface area contributed by atoms with Gasteiger partial charge in [0.2, 0.25) is 5.91 Å². The van der Waals surface area contributed by atoms with Gasteiger partial charge in [-0.05, 0) is 49.1 Å². The number of halogens is 4.